The lowest BCUT2D eigenvalue weighted by Gasteiger charge is -2.46. The number of ether oxygens (including phenoxy) is 1. The van der Waals surface area contributed by atoms with Gasteiger partial charge in [-0.25, -0.2) is 0 Å². The minimum Gasteiger partial charge on any atom is -0.340 e. The van der Waals surface area contributed by atoms with Crippen LogP contribution in [-0.4, -0.2) is 0 Å². The third-order valence-corrected chi connectivity index (χ3v) is 8.50. The van der Waals surface area contributed by atoms with Gasteiger partial charge in [0.25, 0.3) is 0 Å². The SMILES string of the molecule is Cc1ccc(C(OC(c2ccccc2)(c2ccc(C)cc2)c2ccc(C)cc2)(c2ccccc2)c2ccc(C)cc2)cc1. The lowest BCUT2D eigenvalue weighted by molar-refractivity contribution is -0.0810. The van der Waals surface area contributed by atoms with Crippen molar-refractivity contribution in [2.24, 2.45) is 0 Å². The van der Waals surface area contributed by atoms with Crippen molar-refractivity contribution in [1.82, 2.24) is 0 Å². The van der Waals surface area contributed by atoms with Crippen LogP contribution in [-0.2, 0) is 15.9 Å². The van der Waals surface area contributed by atoms with Crippen molar-refractivity contribution < 1.29 is 4.74 Å². The summed E-state index contributed by atoms with van der Waals surface area (Å²) in [7, 11) is 0. The molecule has 212 valence electrons. The fourth-order valence-electron chi connectivity index (χ4n) is 6.08. The zero-order valence-electron chi connectivity index (χ0n) is 25.4. The second-order valence-corrected chi connectivity index (χ2v) is 11.7. The largest absolute Gasteiger partial charge is 0.340 e. The first-order chi connectivity index (χ1) is 20.9. The van der Waals surface area contributed by atoms with Gasteiger partial charge in [-0.15, -0.1) is 0 Å². The summed E-state index contributed by atoms with van der Waals surface area (Å²) in [6.07, 6.45) is 0. The van der Waals surface area contributed by atoms with Crippen LogP contribution in [0.3, 0.4) is 0 Å². The van der Waals surface area contributed by atoms with Crippen LogP contribution in [0.1, 0.15) is 55.6 Å². The van der Waals surface area contributed by atoms with Gasteiger partial charge in [0, 0.05) is 0 Å². The summed E-state index contributed by atoms with van der Waals surface area (Å²) in [6.45, 7) is 8.53. The van der Waals surface area contributed by atoms with Crippen molar-refractivity contribution in [3.05, 3.63) is 213 Å². The van der Waals surface area contributed by atoms with Gasteiger partial charge in [-0.2, -0.15) is 0 Å². The fraction of sp³-hybridized carbons (Fsp3) is 0.143. The molecule has 0 fully saturated rings. The number of aryl methyl sites for hydroxylation is 4. The number of hydrogen-bond acceptors (Lipinski definition) is 1. The van der Waals surface area contributed by atoms with Crippen molar-refractivity contribution in [3.63, 3.8) is 0 Å². The molecule has 0 radical (unpaired) electrons. The number of benzene rings is 6. The predicted molar refractivity (Wildman–Crippen MR) is 178 cm³/mol. The molecular weight excluding hydrogens is 520 g/mol. The molecule has 1 nitrogen and oxygen atoms in total. The normalized spacial score (nSPS) is 11.8. The van der Waals surface area contributed by atoms with Crippen molar-refractivity contribution in [2.75, 3.05) is 0 Å². The topological polar surface area (TPSA) is 9.23 Å². The molecule has 0 aliphatic carbocycles. The molecule has 6 aromatic rings. The molecule has 0 aromatic heterocycles. The van der Waals surface area contributed by atoms with E-state index in [2.05, 4.69) is 185 Å². The molecule has 6 rings (SSSR count). The van der Waals surface area contributed by atoms with Crippen molar-refractivity contribution >= 4 is 0 Å². The van der Waals surface area contributed by atoms with Gasteiger partial charge in [0.2, 0.25) is 0 Å². The summed E-state index contributed by atoms with van der Waals surface area (Å²) in [5.41, 5.74) is 9.39. The molecule has 0 spiro atoms. The molecular formula is C42H38O. The Balaban J connectivity index is 1.77. The highest BCUT2D eigenvalue weighted by atomic mass is 16.5. The maximum atomic E-state index is 8.10. The van der Waals surface area contributed by atoms with Crippen LogP contribution in [0.25, 0.3) is 0 Å². The summed E-state index contributed by atoms with van der Waals surface area (Å²) in [5.74, 6) is 0. The average molecular weight is 559 g/mol. The fourth-order valence-corrected chi connectivity index (χ4v) is 6.08. The molecule has 0 saturated carbocycles. The Bertz CT molecular complexity index is 1540. The summed E-state index contributed by atoms with van der Waals surface area (Å²) in [5, 5.41) is 0. The molecule has 0 amide bonds. The highest BCUT2D eigenvalue weighted by Crippen LogP contribution is 2.51. The van der Waals surface area contributed by atoms with Crippen LogP contribution < -0.4 is 0 Å². The summed E-state index contributed by atoms with van der Waals surface area (Å²) >= 11 is 0. The minimum atomic E-state index is -0.950. The molecule has 0 heterocycles. The molecule has 43 heavy (non-hydrogen) atoms. The monoisotopic (exact) mass is 558 g/mol. The van der Waals surface area contributed by atoms with E-state index in [1.807, 2.05) is 0 Å². The van der Waals surface area contributed by atoms with Gasteiger partial charge in [0.1, 0.15) is 11.2 Å². The first kappa shape index (κ1) is 28.4. The molecule has 0 atom stereocenters. The molecule has 0 aliphatic rings. The van der Waals surface area contributed by atoms with Gasteiger partial charge in [0.15, 0.2) is 0 Å². The van der Waals surface area contributed by atoms with E-state index in [4.69, 9.17) is 4.74 Å². The standard InChI is InChI=1S/C42H38O/c1-31-15-23-37(24-16-31)41(35-11-7-5-8-12-35,38-25-17-32(2)18-26-38)43-42(36-13-9-6-10-14-36,39-27-19-33(3)20-28-39)40-29-21-34(4)22-30-40/h5-30H,1-4H3. The van der Waals surface area contributed by atoms with Gasteiger partial charge < -0.3 is 4.74 Å². The van der Waals surface area contributed by atoms with Gasteiger partial charge in [-0.3, -0.25) is 0 Å². The van der Waals surface area contributed by atoms with Gasteiger partial charge in [-0.1, -0.05) is 180 Å². The van der Waals surface area contributed by atoms with E-state index in [9.17, 15) is 0 Å². The molecule has 0 N–H and O–H groups in total. The Kier molecular flexibility index (Phi) is 7.84. The van der Waals surface area contributed by atoms with Gasteiger partial charge in [-0.05, 0) is 61.1 Å². The maximum Gasteiger partial charge on any atom is 0.145 e. The Morgan fingerprint density at radius 3 is 0.721 bits per heavy atom. The molecule has 0 saturated heterocycles. The summed E-state index contributed by atoms with van der Waals surface area (Å²) in [6, 6.07) is 56.6. The maximum absolute atomic E-state index is 8.10. The summed E-state index contributed by atoms with van der Waals surface area (Å²) in [4.78, 5) is 0. The lowest BCUT2D eigenvalue weighted by Crippen LogP contribution is -2.44. The van der Waals surface area contributed by atoms with E-state index in [1.54, 1.807) is 0 Å². The van der Waals surface area contributed by atoms with Gasteiger partial charge >= 0.3 is 0 Å². The first-order valence-corrected chi connectivity index (χ1v) is 15.0. The van der Waals surface area contributed by atoms with E-state index in [-0.39, 0.29) is 0 Å². The highest BCUT2D eigenvalue weighted by Gasteiger charge is 2.48. The third kappa shape index (κ3) is 5.33. The van der Waals surface area contributed by atoms with E-state index in [0.29, 0.717) is 0 Å². The Morgan fingerprint density at radius 1 is 0.279 bits per heavy atom. The quantitative estimate of drug-likeness (QED) is 0.169. The molecule has 0 bridgehead atoms. The van der Waals surface area contributed by atoms with Crippen LogP contribution in [0.4, 0.5) is 0 Å². The zero-order chi connectivity index (χ0) is 29.9. The number of hydrogen-bond donors (Lipinski definition) is 0. The molecule has 0 aliphatic heterocycles. The van der Waals surface area contributed by atoms with Crippen molar-refractivity contribution in [2.45, 2.75) is 38.9 Å². The second kappa shape index (κ2) is 11.9. The molecule has 1 heteroatoms. The first-order valence-electron chi connectivity index (χ1n) is 15.0. The van der Waals surface area contributed by atoms with E-state index in [1.165, 1.54) is 22.3 Å². The van der Waals surface area contributed by atoms with E-state index >= 15 is 0 Å². The van der Waals surface area contributed by atoms with Crippen molar-refractivity contribution in [3.8, 4) is 0 Å². The predicted octanol–water partition coefficient (Wildman–Crippen LogP) is 10.2. The van der Waals surface area contributed by atoms with Crippen LogP contribution in [0.2, 0.25) is 0 Å². The smallest absolute Gasteiger partial charge is 0.145 e. The van der Waals surface area contributed by atoms with Crippen LogP contribution in [0, 0.1) is 27.7 Å². The van der Waals surface area contributed by atoms with Crippen LogP contribution >= 0.6 is 0 Å². The van der Waals surface area contributed by atoms with E-state index in [0.717, 1.165) is 33.4 Å². The Hall–Kier alpha value is -4.72. The lowest BCUT2D eigenvalue weighted by atomic mass is 9.75. The summed E-state index contributed by atoms with van der Waals surface area (Å²) < 4.78 is 8.10. The third-order valence-electron chi connectivity index (χ3n) is 8.50. The Morgan fingerprint density at radius 2 is 0.488 bits per heavy atom. The second-order valence-electron chi connectivity index (χ2n) is 11.7. The van der Waals surface area contributed by atoms with E-state index < -0.39 is 11.2 Å². The number of rotatable bonds is 8. The Labute approximate surface area is 256 Å². The average Bonchev–Trinajstić information content (AvgIpc) is 3.05. The highest BCUT2D eigenvalue weighted by molar-refractivity contribution is 5.54. The minimum absolute atomic E-state index is 0.950. The van der Waals surface area contributed by atoms with Crippen molar-refractivity contribution in [1.29, 1.82) is 0 Å². The van der Waals surface area contributed by atoms with Gasteiger partial charge in [0.05, 0.1) is 0 Å². The molecule has 6 aromatic carbocycles. The zero-order valence-corrected chi connectivity index (χ0v) is 25.4. The molecule has 0 unspecified atom stereocenters. The van der Waals surface area contributed by atoms with Crippen LogP contribution in [0.15, 0.2) is 158 Å². The van der Waals surface area contributed by atoms with Crippen LogP contribution in [0.5, 0.6) is 0 Å².